The molecule has 1 aliphatic heterocycles. The number of nitrogens with zero attached hydrogens (tertiary/aromatic N) is 5. The van der Waals surface area contributed by atoms with Gasteiger partial charge in [0, 0.05) is 31.1 Å². The second-order valence-corrected chi connectivity index (χ2v) is 9.53. The van der Waals surface area contributed by atoms with E-state index in [4.69, 9.17) is 4.74 Å². The highest BCUT2D eigenvalue weighted by Gasteiger charge is 2.58. The summed E-state index contributed by atoms with van der Waals surface area (Å²) in [4.78, 5) is 44.7. The average Bonchev–Trinajstić information content (AvgIpc) is 3.55. The number of carbonyl (C=O) groups is 3. The molecule has 1 aromatic heterocycles. The van der Waals surface area contributed by atoms with Crippen molar-refractivity contribution in [2.45, 2.75) is 44.1 Å². The van der Waals surface area contributed by atoms with E-state index in [0.29, 0.717) is 27.6 Å². The Balaban J connectivity index is 1.39. The largest absolute Gasteiger partial charge is 0.427 e. The Hall–Kier alpha value is -4.29. The molecule has 3 aromatic rings. The minimum atomic E-state index is -4.78. The van der Waals surface area contributed by atoms with Crippen LogP contribution in [0.15, 0.2) is 48.8 Å². The Bertz CT molecular complexity index is 1460. The molecule has 9 nitrogen and oxygen atoms in total. The fraction of sp³-hybridized carbons (Fsp3) is 0.346. The second-order valence-electron chi connectivity index (χ2n) is 9.53. The number of aromatic nitrogens is 3. The van der Waals surface area contributed by atoms with Crippen LogP contribution in [0, 0.1) is 5.82 Å². The number of rotatable bonds is 6. The zero-order valence-electron chi connectivity index (χ0n) is 20.9. The van der Waals surface area contributed by atoms with Crippen LogP contribution in [-0.4, -0.2) is 61.2 Å². The van der Waals surface area contributed by atoms with Crippen molar-refractivity contribution in [2.24, 2.45) is 7.05 Å². The molecule has 39 heavy (non-hydrogen) atoms. The van der Waals surface area contributed by atoms with E-state index in [0.717, 1.165) is 30.2 Å². The van der Waals surface area contributed by atoms with Crippen LogP contribution in [0.1, 0.15) is 30.0 Å². The van der Waals surface area contributed by atoms with Gasteiger partial charge in [-0.15, -0.1) is 0 Å². The molecule has 2 aromatic carbocycles. The molecule has 0 N–H and O–H groups in total. The maximum Gasteiger partial charge on any atom is 0.418 e. The molecule has 0 radical (unpaired) electrons. The molecule has 1 spiro atoms. The number of carbonyl (C=O) groups excluding carboxylic acids is 3. The molecule has 1 fully saturated rings. The highest BCUT2D eigenvalue weighted by atomic mass is 19.4. The molecule has 2 heterocycles. The van der Waals surface area contributed by atoms with Crippen molar-refractivity contribution in [3.05, 3.63) is 71.3 Å². The first-order valence-electron chi connectivity index (χ1n) is 12.0. The molecule has 1 saturated heterocycles. The lowest BCUT2D eigenvalue weighted by atomic mass is 9.94. The minimum Gasteiger partial charge on any atom is -0.427 e. The van der Waals surface area contributed by atoms with Crippen LogP contribution in [0.5, 0.6) is 0 Å². The van der Waals surface area contributed by atoms with E-state index in [9.17, 15) is 31.9 Å². The summed E-state index contributed by atoms with van der Waals surface area (Å²) < 4.78 is 61.3. The molecule has 0 saturated carbocycles. The van der Waals surface area contributed by atoms with Crippen LogP contribution in [0.4, 0.5) is 22.4 Å². The molecule has 5 rings (SSSR count). The van der Waals surface area contributed by atoms with Crippen molar-refractivity contribution in [3.63, 3.8) is 0 Å². The number of benzene rings is 2. The standard InChI is InChI=1S/C26H23F4N5O4/c1-15(26(28,29)30)34(12-16-3-6-19(27)7-4-16)21(36)13-35-23(37)25(39-24(35)38)10-9-17-11-18(5-8-20(17)25)22-31-14-32-33(22)2/h3-8,11,14-15H,9-10,12-13H2,1-2H3/t15-,25+/m0/s1. The predicted molar refractivity (Wildman–Crippen MR) is 127 cm³/mol. The summed E-state index contributed by atoms with van der Waals surface area (Å²) in [6, 6.07) is 7.59. The first-order valence-corrected chi connectivity index (χ1v) is 12.0. The molecular formula is C26H23F4N5O4. The quantitative estimate of drug-likeness (QED) is 0.438. The van der Waals surface area contributed by atoms with E-state index in [-0.39, 0.29) is 12.0 Å². The van der Waals surface area contributed by atoms with Crippen LogP contribution in [-0.2, 0) is 39.9 Å². The van der Waals surface area contributed by atoms with E-state index < -0.39 is 54.6 Å². The van der Waals surface area contributed by atoms with Crippen molar-refractivity contribution >= 4 is 17.9 Å². The topological polar surface area (TPSA) is 97.6 Å². The summed E-state index contributed by atoms with van der Waals surface area (Å²) in [6.07, 6.45) is -3.97. The monoisotopic (exact) mass is 545 g/mol. The van der Waals surface area contributed by atoms with Crippen molar-refractivity contribution in [1.29, 1.82) is 0 Å². The lowest BCUT2D eigenvalue weighted by Gasteiger charge is -2.31. The number of aryl methyl sites for hydroxylation is 2. The van der Waals surface area contributed by atoms with Gasteiger partial charge in [-0.2, -0.15) is 18.3 Å². The Labute approximate surface area is 220 Å². The maximum atomic E-state index is 13.6. The second kappa shape index (κ2) is 9.47. The smallest absolute Gasteiger partial charge is 0.418 e. The fourth-order valence-electron chi connectivity index (χ4n) is 4.98. The van der Waals surface area contributed by atoms with E-state index in [1.54, 1.807) is 23.9 Å². The van der Waals surface area contributed by atoms with E-state index >= 15 is 0 Å². The number of hydrogen-bond acceptors (Lipinski definition) is 6. The van der Waals surface area contributed by atoms with Gasteiger partial charge in [-0.05, 0) is 42.7 Å². The van der Waals surface area contributed by atoms with Gasteiger partial charge < -0.3 is 9.64 Å². The summed E-state index contributed by atoms with van der Waals surface area (Å²) in [7, 11) is 1.73. The van der Waals surface area contributed by atoms with Gasteiger partial charge in [-0.3, -0.25) is 9.59 Å². The van der Waals surface area contributed by atoms with Crippen molar-refractivity contribution in [2.75, 3.05) is 6.54 Å². The van der Waals surface area contributed by atoms with Gasteiger partial charge in [-0.1, -0.05) is 24.3 Å². The minimum absolute atomic E-state index is 0.123. The summed E-state index contributed by atoms with van der Waals surface area (Å²) >= 11 is 0. The Morgan fingerprint density at radius 1 is 1.18 bits per heavy atom. The highest BCUT2D eigenvalue weighted by Crippen LogP contribution is 2.46. The Kier molecular flexibility index (Phi) is 6.39. The summed E-state index contributed by atoms with van der Waals surface area (Å²) in [5, 5.41) is 4.04. The Morgan fingerprint density at radius 2 is 1.90 bits per heavy atom. The maximum absolute atomic E-state index is 13.6. The molecule has 2 aliphatic rings. The molecule has 0 bridgehead atoms. The normalized spacial score (nSPS) is 19.4. The van der Waals surface area contributed by atoms with E-state index in [1.165, 1.54) is 18.5 Å². The molecule has 1 aliphatic carbocycles. The lowest BCUT2D eigenvalue weighted by molar-refractivity contribution is -0.187. The van der Waals surface area contributed by atoms with Gasteiger partial charge in [-0.25, -0.2) is 23.8 Å². The summed E-state index contributed by atoms with van der Waals surface area (Å²) in [5.41, 5.74) is 0.521. The third-order valence-electron chi connectivity index (χ3n) is 7.15. The van der Waals surface area contributed by atoms with E-state index in [2.05, 4.69) is 10.1 Å². The number of alkyl halides is 3. The number of hydrogen-bond donors (Lipinski definition) is 0. The number of halogens is 4. The number of fused-ring (bicyclic) bond motifs is 2. The molecule has 204 valence electrons. The molecule has 3 amide bonds. The van der Waals surface area contributed by atoms with Gasteiger partial charge in [0.15, 0.2) is 5.82 Å². The zero-order valence-corrected chi connectivity index (χ0v) is 20.9. The van der Waals surface area contributed by atoms with Crippen molar-refractivity contribution in [1.82, 2.24) is 24.6 Å². The number of ether oxygens (including phenoxy) is 1. The lowest BCUT2D eigenvalue weighted by Crippen LogP contribution is -2.51. The van der Waals surface area contributed by atoms with Crippen LogP contribution < -0.4 is 0 Å². The highest BCUT2D eigenvalue weighted by molar-refractivity contribution is 6.06. The number of imide groups is 1. The molecule has 13 heteroatoms. The SMILES string of the molecule is C[C@H](N(Cc1ccc(F)cc1)C(=O)CN1C(=O)O[C@@]2(CCc3cc(-c4ncnn4C)ccc32)C1=O)C(F)(F)F. The van der Waals surface area contributed by atoms with Crippen molar-refractivity contribution in [3.8, 4) is 11.4 Å². The summed E-state index contributed by atoms with van der Waals surface area (Å²) in [5.74, 6) is -1.91. The summed E-state index contributed by atoms with van der Waals surface area (Å²) in [6.45, 7) is -0.641. The van der Waals surface area contributed by atoms with Crippen LogP contribution in [0.25, 0.3) is 11.4 Å². The van der Waals surface area contributed by atoms with E-state index in [1.807, 2.05) is 6.07 Å². The van der Waals surface area contributed by atoms with Crippen molar-refractivity contribution < 1.29 is 36.7 Å². The average molecular weight is 545 g/mol. The van der Waals surface area contributed by atoms with Gasteiger partial charge in [0.05, 0.1) is 0 Å². The number of amides is 3. The molecular weight excluding hydrogens is 522 g/mol. The van der Waals surface area contributed by atoms with Gasteiger partial charge in [0.25, 0.3) is 5.91 Å². The van der Waals surface area contributed by atoms with Crippen LogP contribution in [0.3, 0.4) is 0 Å². The van der Waals surface area contributed by atoms with Gasteiger partial charge in [0.2, 0.25) is 11.5 Å². The first kappa shape index (κ1) is 26.3. The van der Waals surface area contributed by atoms with Gasteiger partial charge in [0.1, 0.15) is 24.7 Å². The zero-order chi connectivity index (χ0) is 28.1. The van der Waals surface area contributed by atoms with Crippen LogP contribution >= 0.6 is 0 Å². The molecule has 0 unspecified atom stereocenters. The van der Waals surface area contributed by atoms with Gasteiger partial charge >= 0.3 is 12.3 Å². The Morgan fingerprint density at radius 3 is 2.54 bits per heavy atom. The third-order valence-corrected chi connectivity index (χ3v) is 7.15. The predicted octanol–water partition coefficient (Wildman–Crippen LogP) is 3.72. The third kappa shape index (κ3) is 4.61. The fourth-order valence-corrected chi connectivity index (χ4v) is 4.98. The van der Waals surface area contributed by atoms with Crippen LogP contribution in [0.2, 0.25) is 0 Å². The first-order chi connectivity index (χ1) is 18.4. The molecule has 2 atom stereocenters.